The third kappa shape index (κ3) is 4.87. The van der Waals surface area contributed by atoms with Gasteiger partial charge in [0.2, 0.25) is 5.91 Å². The first kappa shape index (κ1) is 22.7. The molecular formula is C19H29N3O7. The topological polar surface area (TPSA) is 117 Å². The normalized spacial score (nSPS) is 24.8. The summed E-state index contributed by atoms with van der Waals surface area (Å²) in [4.78, 5) is 57.8. The van der Waals surface area contributed by atoms with Crippen LogP contribution in [0.15, 0.2) is 12.7 Å². The van der Waals surface area contributed by atoms with Crippen LogP contribution in [0.25, 0.3) is 0 Å². The second-order valence-corrected chi connectivity index (χ2v) is 7.90. The maximum Gasteiger partial charge on any atom is 0.436 e. The van der Waals surface area contributed by atoms with Crippen LogP contribution in [0, 0.1) is 11.8 Å². The maximum absolute atomic E-state index is 13.0. The van der Waals surface area contributed by atoms with Gasteiger partial charge in [-0.1, -0.05) is 33.8 Å². The molecule has 0 aromatic carbocycles. The Bertz CT molecular complexity index is 679. The number of hydroxylamine groups is 2. The second-order valence-electron chi connectivity index (χ2n) is 7.90. The van der Waals surface area contributed by atoms with Gasteiger partial charge in [-0.3, -0.25) is 19.2 Å². The molecule has 2 rings (SSSR count). The average molecular weight is 411 g/mol. The number of carboxylic acids is 1. The molecule has 0 aromatic heterocycles. The lowest BCUT2D eigenvalue weighted by Gasteiger charge is -2.52. The van der Waals surface area contributed by atoms with E-state index in [1.807, 2.05) is 13.8 Å². The zero-order chi connectivity index (χ0) is 21.9. The zero-order valence-corrected chi connectivity index (χ0v) is 17.2. The Morgan fingerprint density at radius 1 is 1.28 bits per heavy atom. The second kappa shape index (κ2) is 9.25. The van der Waals surface area contributed by atoms with Gasteiger partial charge in [-0.05, 0) is 11.8 Å². The van der Waals surface area contributed by atoms with Crippen LogP contribution in [0.5, 0.6) is 0 Å². The SMILES string of the molecule is C=C[C@H]1C(=O)N(CCC(=O)O)CC2N(C(=O)OCC(C)C)O[C@@H](C(C)C)C(=O)N21. The Morgan fingerprint density at radius 2 is 1.93 bits per heavy atom. The van der Waals surface area contributed by atoms with Crippen molar-refractivity contribution in [2.45, 2.75) is 52.4 Å². The van der Waals surface area contributed by atoms with Gasteiger partial charge in [0.05, 0.1) is 19.6 Å². The smallest absolute Gasteiger partial charge is 0.436 e. The summed E-state index contributed by atoms with van der Waals surface area (Å²) >= 11 is 0. The fourth-order valence-electron chi connectivity index (χ4n) is 3.24. The van der Waals surface area contributed by atoms with Gasteiger partial charge in [0.25, 0.3) is 5.91 Å². The number of amides is 3. The minimum atomic E-state index is -1.06. The number of hydrogen-bond donors (Lipinski definition) is 1. The van der Waals surface area contributed by atoms with Gasteiger partial charge in [0, 0.05) is 6.54 Å². The molecule has 0 radical (unpaired) electrons. The first-order valence-corrected chi connectivity index (χ1v) is 9.66. The molecule has 1 unspecified atom stereocenters. The Kier molecular flexibility index (Phi) is 7.23. The van der Waals surface area contributed by atoms with Crippen molar-refractivity contribution in [3.05, 3.63) is 12.7 Å². The van der Waals surface area contributed by atoms with Gasteiger partial charge in [-0.2, -0.15) is 5.06 Å². The lowest BCUT2D eigenvalue weighted by molar-refractivity contribution is -0.271. The largest absolute Gasteiger partial charge is 0.481 e. The number of rotatable bonds is 7. The van der Waals surface area contributed by atoms with E-state index < -0.39 is 42.2 Å². The summed E-state index contributed by atoms with van der Waals surface area (Å²) in [5.41, 5.74) is 0. The van der Waals surface area contributed by atoms with E-state index in [4.69, 9.17) is 14.7 Å². The maximum atomic E-state index is 13.0. The van der Waals surface area contributed by atoms with Crippen molar-refractivity contribution in [2.24, 2.45) is 11.8 Å². The molecule has 0 bridgehead atoms. The van der Waals surface area contributed by atoms with E-state index >= 15 is 0 Å². The van der Waals surface area contributed by atoms with Crippen LogP contribution in [0.3, 0.4) is 0 Å². The molecule has 2 saturated heterocycles. The summed E-state index contributed by atoms with van der Waals surface area (Å²) in [5, 5.41) is 9.95. The Balaban J connectivity index is 2.37. The van der Waals surface area contributed by atoms with E-state index in [0.717, 1.165) is 5.06 Å². The van der Waals surface area contributed by atoms with Crippen molar-refractivity contribution < 1.29 is 33.9 Å². The lowest BCUT2D eigenvalue weighted by Crippen LogP contribution is -2.73. The summed E-state index contributed by atoms with van der Waals surface area (Å²) in [6.45, 7) is 11.0. The molecule has 3 amide bonds. The van der Waals surface area contributed by atoms with Gasteiger partial charge in [-0.25, -0.2) is 4.79 Å². The zero-order valence-electron chi connectivity index (χ0n) is 17.2. The number of carbonyl (C=O) groups excluding carboxylic acids is 3. The summed E-state index contributed by atoms with van der Waals surface area (Å²) in [6, 6.07) is -1.03. The number of carboxylic acid groups (broad SMARTS) is 1. The number of aliphatic carboxylic acids is 1. The van der Waals surface area contributed by atoms with Crippen molar-refractivity contribution in [1.82, 2.24) is 14.9 Å². The highest BCUT2D eigenvalue weighted by molar-refractivity contribution is 5.93. The molecule has 2 fully saturated rings. The molecule has 162 valence electrons. The van der Waals surface area contributed by atoms with Crippen molar-refractivity contribution in [3.8, 4) is 0 Å². The molecule has 2 aliphatic heterocycles. The van der Waals surface area contributed by atoms with Crippen LogP contribution in [0.2, 0.25) is 0 Å². The molecule has 2 aliphatic rings. The highest BCUT2D eigenvalue weighted by Gasteiger charge is 2.53. The Morgan fingerprint density at radius 3 is 2.45 bits per heavy atom. The van der Waals surface area contributed by atoms with Crippen molar-refractivity contribution >= 4 is 23.9 Å². The number of ether oxygens (including phenoxy) is 1. The molecule has 3 atom stereocenters. The quantitative estimate of drug-likeness (QED) is 0.623. The van der Waals surface area contributed by atoms with Crippen LogP contribution in [0.1, 0.15) is 34.1 Å². The summed E-state index contributed by atoms with van der Waals surface area (Å²) < 4.78 is 5.29. The van der Waals surface area contributed by atoms with Crippen molar-refractivity contribution in [1.29, 1.82) is 0 Å². The standard InChI is InChI=1S/C19H29N3O7/c1-6-13-17(25)20(8-7-15(23)24)9-14-21(13)18(26)16(12(4)5)29-22(14)19(27)28-10-11(2)3/h6,11-14,16H,1,7-10H2,2-5H3,(H,23,24)/t13-,14?,16-/m0/s1. The van der Waals surface area contributed by atoms with Crippen LogP contribution in [0.4, 0.5) is 4.79 Å². The number of nitrogens with zero attached hydrogens (tertiary/aromatic N) is 3. The Hall–Kier alpha value is -2.62. The summed E-state index contributed by atoms with van der Waals surface area (Å²) in [7, 11) is 0. The fourth-order valence-corrected chi connectivity index (χ4v) is 3.24. The minimum Gasteiger partial charge on any atom is -0.481 e. The van der Waals surface area contributed by atoms with E-state index in [1.54, 1.807) is 13.8 Å². The van der Waals surface area contributed by atoms with Gasteiger partial charge < -0.3 is 19.6 Å². The van der Waals surface area contributed by atoms with Crippen LogP contribution < -0.4 is 0 Å². The number of carbonyl (C=O) groups is 4. The molecule has 0 saturated carbocycles. The highest BCUT2D eigenvalue weighted by atomic mass is 16.7. The average Bonchev–Trinajstić information content (AvgIpc) is 2.64. The minimum absolute atomic E-state index is 0.0560. The lowest BCUT2D eigenvalue weighted by atomic mass is 10.0. The highest BCUT2D eigenvalue weighted by Crippen LogP contribution is 2.30. The van der Waals surface area contributed by atoms with Gasteiger partial charge in [0.1, 0.15) is 6.04 Å². The van der Waals surface area contributed by atoms with Crippen molar-refractivity contribution in [3.63, 3.8) is 0 Å². The van der Waals surface area contributed by atoms with Crippen LogP contribution in [-0.4, -0.2) is 81.9 Å². The number of piperazine rings is 1. The molecule has 10 nitrogen and oxygen atoms in total. The first-order chi connectivity index (χ1) is 13.6. The van der Waals surface area contributed by atoms with Gasteiger partial charge in [-0.15, -0.1) is 6.58 Å². The molecule has 2 heterocycles. The molecular weight excluding hydrogens is 382 g/mol. The van der Waals surface area contributed by atoms with Gasteiger partial charge in [0.15, 0.2) is 12.3 Å². The molecule has 10 heteroatoms. The molecule has 0 aliphatic carbocycles. The third-order valence-corrected chi connectivity index (χ3v) is 4.71. The molecule has 0 aromatic rings. The third-order valence-electron chi connectivity index (χ3n) is 4.71. The van der Waals surface area contributed by atoms with E-state index in [1.165, 1.54) is 15.9 Å². The first-order valence-electron chi connectivity index (χ1n) is 9.66. The fraction of sp³-hybridized carbons (Fsp3) is 0.684. The molecule has 0 spiro atoms. The van der Waals surface area contributed by atoms with Crippen molar-refractivity contribution in [2.75, 3.05) is 19.7 Å². The van der Waals surface area contributed by atoms with Crippen LogP contribution >= 0.6 is 0 Å². The summed E-state index contributed by atoms with van der Waals surface area (Å²) in [5.74, 6) is -2.07. The van der Waals surface area contributed by atoms with E-state index in [0.29, 0.717) is 0 Å². The van der Waals surface area contributed by atoms with Crippen LogP contribution in [-0.2, 0) is 24.0 Å². The molecule has 1 N–H and O–H groups in total. The monoisotopic (exact) mass is 411 g/mol. The summed E-state index contributed by atoms with van der Waals surface area (Å²) in [6.07, 6.45) is -1.60. The van der Waals surface area contributed by atoms with Gasteiger partial charge >= 0.3 is 12.1 Å². The number of hydrogen-bond acceptors (Lipinski definition) is 6. The Labute approximate surface area is 170 Å². The van der Waals surface area contributed by atoms with E-state index in [9.17, 15) is 19.2 Å². The predicted molar refractivity (Wildman–Crippen MR) is 101 cm³/mol. The van der Waals surface area contributed by atoms with E-state index in [-0.39, 0.29) is 38.0 Å². The number of fused-ring (bicyclic) bond motifs is 1. The van der Waals surface area contributed by atoms with E-state index in [2.05, 4.69) is 6.58 Å². The molecule has 29 heavy (non-hydrogen) atoms. The predicted octanol–water partition coefficient (Wildman–Crippen LogP) is 1.08.